The van der Waals surface area contributed by atoms with Crippen LogP contribution in [0.5, 0.6) is 0 Å². The van der Waals surface area contributed by atoms with Gasteiger partial charge in [0, 0.05) is 29.7 Å². The van der Waals surface area contributed by atoms with Crippen LogP contribution < -0.4 is 5.32 Å². The van der Waals surface area contributed by atoms with Gasteiger partial charge in [-0.1, -0.05) is 66.7 Å². The van der Waals surface area contributed by atoms with Crippen LogP contribution in [0.2, 0.25) is 5.02 Å². The van der Waals surface area contributed by atoms with E-state index in [1.807, 2.05) is 49.4 Å². The van der Waals surface area contributed by atoms with Crippen LogP contribution in [0.25, 0.3) is 5.69 Å². The van der Waals surface area contributed by atoms with Gasteiger partial charge in [0.25, 0.3) is 0 Å². The summed E-state index contributed by atoms with van der Waals surface area (Å²) in [5.41, 5.74) is 2.11. The van der Waals surface area contributed by atoms with E-state index >= 15 is 0 Å². The maximum Gasteiger partial charge on any atom is 0.220 e. The number of nitrogens with one attached hydrogen (secondary N) is 1. The molecule has 158 valence electrons. The molecular weight excluding hydrogens is 416 g/mol. The Balaban J connectivity index is 1.72. The lowest BCUT2D eigenvalue weighted by molar-refractivity contribution is -0.121. The van der Waals surface area contributed by atoms with E-state index in [-0.39, 0.29) is 11.9 Å². The predicted molar refractivity (Wildman–Crippen MR) is 123 cm³/mol. The third kappa shape index (κ3) is 6.34. The van der Waals surface area contributed by atoms with E-state index in [4.69, 9.17) is 11.6 Å². The summed E-state index contributed by atoms with van der Waals surface area (Å²) < 4.78 is 2.06. The van der Waals surface area contributed by atoms with Crippen molar-refractivity contribution in [1.29, 1.82) is 0 Å². The predicted octanol–water partition coefficient (Wildman–Crippen LogP) is 5.30. The maximum absolute atomic E-state index is 12.0. The fraction of sp³-hybridized carbons (Fsp3) is 0.348. The number of amides is 1. The number of hydrogen-bond donors (Lipinski definition) is 1. The van der Waals surface area contributed by atoms with Gasteiger partial charge in [-0.25, -0.2) is 0 Å². The van der Waals surface area contributed by atoms with Crippen LogP contribution >= 0.6 is 23.4 Å². The number of benzene rings is 2. The first kappa shape index (κ1) is 22.4. The molecule has 7 heteroatoms. The number of hydrogen-bond acceptors (Lipinski definition) is 4. The van der Waals surface area contributed by atoms with Gasteiger partial charge in [0.1, 0.15) is 5.82 Å². The lowest BCUT2D eigenvalue weighted by Gasteiger charge is -2.12. The zero-order valence-electron chi connectivity index (χ0n) is 17.3. The molecule has 30 heavy (non-hydrogen) atoms. The standard InChI is InChI=1S/C23H27ClN4OS/c1-3-17(2)25-22(29)13-8-14-30-23-27-26-21(15-18-9-5-4-6-10-18)28(23)20-12-7-11-19(24)16-20/h4-7,9-12,16-17H,3,8,13-15H2,1-2H3,(H,25,29). The minimum atomic E-state index is 0.103. The number of aromatic nitrogens is 3. The molecule has 1 aromatic heterocycles. The van der Waals surface area contributed by atoms with Gasteiger partial charge in [-0.3, -0.25) is 9.36 Å². The number of halogens is 1. The summed E-state index contributed by atoms with van der Waals surface area (Å²) in [4.78, 5) is 12.0. The highest BCUT2D eigenvalue weighted by molar-refractivity contribution is 7.99. The number of carbonyl (C=O) groups is 1. The molecule has 1 unspecified atom stereocenters. The van der Waals surface area contributed by atoms with Crippen LogP contribution in [0.3, 0.4) is 0 Å². The molecule has 0 spiro atoms. The molecule has 3 rings (SSSR count). The smallest absolute Gasteiger partial charge is 0.220 e. The second-order valence-electron chi connectivity index (χ2n) is 7.21. The van der Waals surface area contributed by atoms with E-state index in [2.05, 4.69) is 39.1 Å². The van der Waals surface area contributed by atoms with Crippen molar-refractivity contribution in [3.05, 3.63) is 71.0 Å². The van der Waals surface area contributed by atoms with Gasteiger partial charge < -0.3 is 5.32 Å². The molecule has 0 fully saturated rings. The van der Waals surface area contributed by atoms with Crippen LogP contribution in [0.4, 0.5) is 0 Å². The van der Waals surface area contributed by atoms with Crippen molar-refractivity contribution in [2.24, 2.45) is 0 Å². The van der Waals surface area contributed by atoms with Gasteiger partial charge in [-0.05, 0) is 43.5 Å². The highest BCUT2D eigenvalue weighted by Gasteiger charge is 2.15. The third-order valence-corrected chi connectivity index (χ3v) is 6.02. The van der Waals surface area contributed by atoms with E-state index in [1.165, 1.54) is 5.56 Å². The van der Waals surface area contributed by atoms with E-state index in [0.717, 1.165) is 35.3 Å². The summed E-state index contributed by atoms with van der Waals surface area (Å²) in [7, 11) is 0. The fourth-order valence-electron chi connectivity index (χ4n) is 3.01. The fourth-order valence-corrected chi connectivity index (χ4v) is 4.10. The van der Waals surface area contributed by atoms with Crippen LogP contribution in [-0.2, 0) is 11.2 Å². The number of nitrogens with zero attached hydrogens (tertiary/aromatic N) is 3. The Labute approximate surface area is 187 Å². The summed E-state index contributed by atoms with van der Waals surface area (Å²) in [5, 5.41) is 13.4. The lowest BCUT2D eigenvalue weighted by atomic mass is 10.1. The van der Waals surface area contributed by atoms with Gasteiger partial charge in [0.2, 0.25) is 5.91 Å². The summed E-state index contributed by atoms with van der Waals surface area (Å²) in [5.74, 6) is 1.75. The van der Waals surface area contributed by atoms with Gasteiger partial charge >= 0.3 is 0 Å². The topological polar surface area (TPSA) is 59.8 Å². The van der Waals surface area contributed by atoms with E-state index in [0.29, 0.717) is 17.9 Å². The Morgan fingerprint density at radius 3 is 2.70 bits per heavy atom. The van der Waals surface area contributed by atoms with E-state index in [1.54, 1.807) is 11.8 Å². The molecule has 1 atom stereocenters. The second kappa shape index (κ2) is 11.2. The summed E-state index contributed by atoms with van der Waals surface area (Å²) >= 11 is 7.85. The largest absolute Gasteiger partial charge is 0.354 e. The quantitative estimate of drug-likeness (QED) is 0.342. The molecule has 0 saturated carbocycles. The van der Waals surface area contributed by atoms with Crippen molar-refractivity contribution in [2.45, 2.75) is 50.7 Å². The van der Waals surface area contributed by atoms with E-state index < -0.39 is 0 Å². The van der Waals surface area contributed by atoms with Crippen LogP contribution in [-0.4, -0.2) is 32.5 Å². The lowest BCUT2D eigenvalue weighted by Crippen LogP contribution is -2.31. The first-order chi connectivity index (χ1) is 14.6. The summed E-state index contributed by atoms with van der Waals surface area (Å²) in [6.45, 7) is 4.09. The van der Waals surface area contributed by atoms with Crippen molar-refractivity contribution in [1.82, 2.24) is 20.1 Å². The molecule has 0 aliphatic carbocycles. The zero-order valence-corrected chi connectivity index (χ0v) is 18.9. The zero-order chi connectivity index (χ0) is 21.3. The Bertz CT molecular complexity index is 961. The molecule has 0 bridgehead atoms. The Kier molecular flexibility index (Phi) is 8.34. The Morgan fingerprint density at radius 2 is 1.97 bits per heavy atom. The molecule has 0 aliphatic heterocycles. The van der Waals surface area contributed by atoms with Gasteiger partial charge in [-0.2, -0.15) is 0 Å². The van der Waals surface area contributed by atoms with Gasteiger partial charge in [-0.15, -0.1) is 10.2 Å². The average molecular weight is 443 g/mol. The van der Waals surface area contributed by atoms with Crippen molar-refractivity contribution < 1.29 is 4.79 Å². The van der Waals surface area contributed by atoms with Crippen molar-refractivity contribution in [2.75, 3.05) is 5.75 Å². The van der Waals surface area contributed by atoms with Crippen LogP contribution in [0.15, 0.2) is 59.8 Å². The molecule has 3 aromatic rings. The molecule has 5 nitrogen and oxygen atoms in total. The highest BCUT2D eigenvalue weighted by atomic mass is 35.5. The molecule has 1 N–H and O–H groups in total. The third-order valence-electron chi connectivity index (χ3n) is 4.77. The van der Waals surface area contributed by atoms with Gasteiger partial charge in [0.05, 0.1) is 5.69 Å². The first-order valence-corrected chi connectivity index (χ1v) is 11.6. The first-order valence-electron chi connectivity index (χ1n) is 10.2. The van der Waals surface area contributed by atoms with Crippen LogP contribution in [0, 0.1) is 0 Å². The second-order valence-corrected chi connectivity index (χ2v) is 8.70. The van der Waals surface area contributed by atoms with Crippen molar-refractivity contribution in [3.8, 4) is 5.69 Å². The molecule has 1 amide bonds. The van der Waals surface area contributed by atoms with E-state index in [9.17, 15) is 4.79 Å². The van der Waals surface area contributed by atoms with Crippen LogP contribution in [0.1, 0.15) is 44.5 Å². The molecule has 0 saturated heterocycles. The summed E-state index contributed by atoms with van der Waals surface area (Å²) in [6.07, 6.45) is 2.91. The SMILES string of the molecule is CCC(C)NC(=O)CCCSc1nnc(Cc2ccccc2)n1-c1cccc(Cl)c1. The molecule has 1 heterocycles. The Hall–Kier alpha value is -2.31. The van der Waals surface area contributed by atoms with Gasteiger partial charge in [0.15, 0.2) is 5.16 Å². The number of thioether (sulfide) groups is 1. The molecule has 0 aliphatic rings. The molecule has 0 radical (unpaired) electrons. The monoisotopic (exact) mass is 442 g/mol. The molecule has 2 aromatic carbocycles. The highest BCUT2D eigenvalue weighted by Crippen LogP contribution is 2.26. The maximum atomic E-state index is 12.0. The number of carbonyl (C=O) groups excluding carboxylic acids is 1. The Morgan fingerprint density at radius 1 is 1.17 bits per heavy atom. The minimum Gasteiger partial charge on any atom is -0.354 e. The van der Waals surface area contributed by atoms with Crippen molar-refractivity contribution in [3.63, 3.8) is 0 Å². The minimum absolute atomic E-state index is 0.103. The molecular formula is C23H27ClN4OS. The average Bonchev–Trinajstić information content (AvgIpc) is 3.14. The normalized spacial score (nSPS) is 12.0. The number of rotatable bonds is 10. The van der Waals surface area contributed by atoms with Crippen molar-refractivity contribution >= 4 is 29.3 Å². The summed E-state index contributed by atoms with van der Waals surface area (Å²) in [6, 6.07) is 18.1.